The molecular formula is C13H16BrN3O2. The summed E-state index contributed by atoms with van der Waals surface area (Å²) in [5.74, 6) is -0.233. The predicted octanol–water partition coefficient (Wildman–Crippen LogP) is 1.82. The number of imidazole rings is 1. The van der Waals surface area contributed by atoms with Gasteiger partial charge in [0.2, 0.25) is 0 Å². The highest BCUT2D eigenvalue weighted by atomic mass is 79.9. The third-order valence-corrected chi connectivity index (χ3v) is 3.34. The van der Waals surface area contributed by atoms with Gasteiger partial charge in [-0.25, -0.2) is 4.98 Å². The molecule has 19 heavy (non-hydrogen) atoms. The SMILES string of the molecule is Cc1cc(Br)c2nc(C)c(C(=O)NCC(C)O)n2c1. The van der Waals surface area contributed by atoms with Gasteiger partial charge in [0.15, 0.2) is 5.65 Å². The lowest BCUT2D eigenvalue weighted by Crippen LogP contribution is -2.31. The third-order valence-electron chi connectivity index (χ3n) is 2.76. The molecule has 0 saturated heterocycles. The van der Waals surface area contributed by atoms with Crippen molar-refractivity contribution in [3.8, 4) is 0 Å². The van der Waals surface area contributed by atoms with E-state index >= 15 is 0 Å². The van der Waals surface area contributed by atoms with Crippen LogP contribution in [0.2, 0.25) is 0 Å². The van der Waals surface area contributed by atoms with E-state index in [1.54, 1.807) is 18.2 Å². The average molecular weight is 326 g/mol. The molecule has 0 aromatic carbocycles. The number of aryl methyl sites for hydroxylation is 2. The Hall–Kier alpha value is -1.40. The number of pyridine rings is 1. The van der Waals surface area contributed by atoms with E-state index in [1.807, 2.05) is 19.2 Å². The van der Waals surface area contributed by atoms with Gasteiger partial charge in [0.25, 0.3) is 5.91 Å². The quantitative estimate of drug-likeness (QED) is 0.904. The first-order valence-electron chi connectivity index (χ1n) is 6.01. The monoisotopic (exact) mass is 325 g/mol. The molecule has 2 rings (SSSR count). The maximum atomic E-state index is 12.2. The summed E-state index contributed by atoms with van der Waals surface area (Å²) in [6, 6.07) is 1.96. The van der Waals surface area contributed by atoms with Gasteiger partial charge in [-0.2, -0.15) is 0 Å². The van der Waals surface area contributed by atoms with E-state index in [0.29, 0.717) is 17.0 Å². The molecule has 1 unspecified atom stereocenters. The molecular weight excluding hydrogens is 310 g/mol. The number of hydrogen-bond acceptors (Lipinski definition) is 3. The lowest BCUT2D eigenvalue weighted by Gasteiger charge is -2.08. The zero-order chi connectivity index (χ0) is 14.2. The fraction of sp³-hybridized carbons (Fsp3) is 0.385. The summed E-state index contributed by atoms with van der Waals surface area (Å²) < 4.78 is 2.62. The second-order valence-corrected chi connectivity index (χ2v) is 5.52. The zero-order valence-corrected chi connectivity index (χ0v) is 12.7. The molecule has 0 aliphatic heterocycles. The highest BCUT2D eigenvalue weighted by Crippen LogP contribution is 2.22. The predicted molar refractivity (Wildman–Crippen MR) is 76.4 cm³/mol. The fourth-order valence-electron chi connectivity index (χ4n) is 1.94. The molecule has 2 heterocycles. The first kappa shape index (κ1) is 14.0. The number of carbonyl (C=O) groups is 1. The van der Waals surface area contributed by atoms with Crippen molar-refractivity contribution in [3.05, 3.63) is 33.7 Å². The average Bonchev–Trinajstić information content (AvgIpc) is 2.63. The van der Waals surface area contributed by atoms with E-state index in [-0.39, 0.29) is 12.5 Å². The number of carbonyl (C=O) groups excluding carboxylic acids is 1. The molecule has 2 N–H and O–H groups in total. The van der Waals surface area contributed by atoms with E-state index in [1.165, 1.54) is 0 Å². The van der Waals surface area contributed by atoms with Crippen molar-refractivity contribution in [3.63, 3.8) is 0 Å². The van der Waals surface area contributed by atoms with Crippen LogP contribution in [-0.2, 0) is 0 Å². The minimum atomic E-state index is -0.572. The Morgan fingerprint density at radius 2 is 2.26 bits per heavy atom. The Kier molecular flexibility index (Phi) is 3.91. The summed E-state index contributed by atoms with van der Waals surface area (Å²) in [6.07, 6.45) is 1.30. The number of aromatic nitrogens is 2. The normalized spacial score (nSPS) is 12.7. The van der Waals surface area contributed by atoms with Crippen LogP contribution >= 0.6 is 15.9 Å². The minimum Gasteiger partial charge on any atom is -0.392 e. The topological polar surface area (TPSA) is 66.6 Å². The van der Waals surface area contributed by atoms with E-state index in [9.17, 15) is 9.90 Å². The number of hydrogen-bond donors (Lipinski definition) is 2. The van der Waals surface area contributed by atoms with Crippen LogP contribution in [-0.4, -0.2) is 33.0 Å². The van der Waals surface area contributed by atoms with Gasteiger partial charge < -0.3 is 10.4 Å². The van der Waals surface area contributed by atoms with Crippen molar-refractivity contribution in [1.29, 1.82) is 0 Å². The lowest BCUT2D eigenvalue weighted by molar-refractivity contribution is 0.0917. The van der Waals surface area contributed by atoms with Gasteiger partial charge in [0, 0.05) is 12.7 Å². The van der Waals surface area contributed by atoms with Crippen LogP contribution < -0.4 is 5.32 Å². The number of nitrogens with one attached hydrogen (secondary N) is 1. The molecule has 6 heteroatoms. The Morgan fingerprint density at radius 1 is 1.58 bits per heavy atom. The Labute approximate surface area is 119 Å². The van der Waals surface area contributed by atoms with Gasteiger partial charge in [-0.05, 0) is 48.3 Å². The number of aliphatic hydroxyl groups excluding tert-OH is 1. The summed E-state index contributed by atoms with van der Waals surface area (Å²) in [6.45, 7) is 5.60. The molecule has 0 saturated carbocycles. The van der Waals surface area contributed by atoms with E-state index in [4.69, 9.17) is 0 Å². The summed E-state index contributed by atoms with van der Waals surface area (Å²) >= 11 is 3.45. The van der Waals surface area contributed by atoms with Gasteiger partial charge in [0.1, 0.15) is 5.69 Å². The maximum absolute atomic E-state index is 12.2. The smallest absolute Gasteiger partial charge is 0.270 e. The van der Waals surface area contributed by atoms with E-state index in [0.717, 1.165) is 10.0 Å². The largest absolute Gasteiger partial charge is 0.392 e. The van der Waals surface area contributed by atoms with Gasteiger partial charge in [0.05, 0.1) is 16.3 Å². The molecule has 0 aliphatic rings. The highest BCUT2D eigenvalue weighted by Gasteiger charge is 2.18. The summed E-state index contributed by atoms with van der Waals surface area (Å²) in [4.78, 5) is 16.6. The van der Waals surface area contributed by atoms with Crippen LogP contribution in [0, 0.1) is 13.8 Å². The standard InChI is InChI=1S/C13H16BrN3O2/c1-7-4-10(14)12-16-9(3)11(17(12)6-7)13(19)15-5-8(2)18/h4,6,8,18H,5H2,1-3H3,(H,15,19). The third kappa shape index (κ3) is 2.79. The highest BCUT2D eigenvalue weighted by molar-refractivity contribution is 9.10. The fourth-order valence-corrected chi connectivity index (χ4v) is 2.58. The van der Waals surface area contributed by atoms with Crippen molar-refractivity contribution >= 4 is 27.5 Å². The molecule has 0 aliphatic carbocycles. The van der Waals surface area contributed by atoms with Crippen LogP contribution in [0.5, 0.6) is 0 Å². The first-order valence-corrected chi connectivity index (χ1v) is 6.80. The second-order valence-electron chi connectivity index (χ2n) is 4.66. The molecule has 1 amide bonds. The van der Waals surface area contributed by atoms with Crippen LogP contribution in [0.15, 0.2) is 16.7 Å². The van der Waals surface area contributed by atoms with Crippen LogP contribution in [0.1, 0.15) is 28.7 Å². The molecule has 0 fully saturated rings. The van der Waals surface area contributed by atoms with Crippen LogP contribution in [0.3, 0.4) is 0 Å². The van der Waals surface area contributed by atoms with Crippen molar-refractivity contribution < 1.29 is 9.90 Å². The molecule has 0 bridgehead atoms. The van der Waals surface area contributed by atoms with Gasteiger partial charge in [-0.3, -0.25) is 9.20 Å². The molecule has 5 nitrogen and oxygen atoms in total. The molecule has 2 aromatic heterocycles. The first-order chi connectivity index (χ1) is 8.90. The maximum Gasteiger partial charge on any atom is 0.270 e. The Balaban J connectivity index is 2.48. The molecule has 2 aromatic rings. The van der Waals surface area contributed by atoms with Gasteiger partial charge in [-0.1, -0.05) is 0 Å². The number of rotatable bonds is 3. The van der Waals surface area contributed by atoms with E-state index < -0.39 is 6.10 Å². The van der Waals surface area contributed by atoms with Gasteiger partial charge in [-0.15, -0.1) is 0 Å². The van der Waals surface area contributed by atoms with Crippen LogP contribution in [0.4, 0.5) is 0 Å². The van der Waals surface area contributed by atoms with Gasteiger partial charge >= 0.3 is 0 Å². The summed E-state index contributed by atoms with van der Waals surface area (Å²) in [5.41, 5.74) is 2.90. The Morgan fingerprint density at radius 3 is 2.89 bits per heavy atom. The molecule has 0 radical (unpaired) electrons. The van der Waals surface area contributed by atoms with Crippen molar-refractivity contribution in [1.82, 2.24) is 14.7 Å². The van der Waals surface area contributed by atoms with Crippen molar-refractivity contribution in [2.75, 3.05) is 6.54 Å². The second kappa shape index (κ2) is 5.30. The minimum absolute atomic E-state index is 0.221. The number of halogens is 1. The number of aliphatic hydroxyl groups is 1. The van der Waals surface area contributed by atoms with Crippen LogP contribution in [0.25, 0.3) is 5.65 Å². The molecule has 1 atom stereocenters. The molecule has 102 valence electrons. The zero-order valence-electron chi connectivity index (χ0n) is 11.1. The number of nitrogens with zero attached hydrogens (tertiary/aromatic N) is 2. The van der Waals surface area contributed by atoms with Crippen molar-refractivity contribution in [2.24, 2.45) is 0 Å². The summed E-state index contributed by atoms with van der Waals surface area (Å²) in [5, 5.41) is 11.9. The number of amides is 1. The Bertz CT molecular complexity index is 634. The molecule has 0 spiro atoms. The lowest BCUT2D eigenvalue weighted by atomic mass is 10.3. The summed E-state index contributed by atoms with van der Waals surface area (Å²) in [7, 11) is 0. The van der Waals surface area contributed by atoms with E-state index in [2.05, 4.69) is 26.2 Å². The van der Waals surface area contributed by atoms with Crippen molar-refractivity contribution in [2.45, 2.75) is 26.9 Å². The number of fused-ring (bicyclic) bond motifs is 1.